The number of nitrogens with zero attached hydrogens (tertiary/aromatic N) is 4. The molecule has 1 amide bonds. The summed E-state index contributed by atoms with van der Waals surface area (Å²) in [4.78, 5) is 36.3. The van der Waals surface area contributed by atoms with Gasteiger partial charge < -0.3 is 24.6 Å². The van der Waals surface area contributed by atoms with Crippen LogP contribution in [0.25, 0.3) is 5.57 Å². The van der Waals surface area contributed by atoms with Crippen molar-refractivity contribution in [3.8, 4) is 0 Å². The molecule has 4 aromatic carbocycles. The summed E-state index contributed by atoms with van der Waals surface area (Å²) in [5.74, 6) is -0.442. The van der Waals surface area contributed by atoms with Gasteiger partial charge in [0.25, 0.3) is 0 Å². The Kier molecular flexibility index (Phi) is 20.0. The van der Waals surface area contributed by atoms with Crippen molar-refractivity contribution in [2.75, 3.05) is 115 Å². The molecular weight excluding hydrogens is 1010 g/mol. The maximum Gasteiger partial charge on any atom is 0.407 e. The van der Waals surface area contributed by atoms with Crippen LogP contribution in [0.4, 0.5) is 10.5 Å². The molecule has 74 heavy (non-hydrogen) atoms. The zero-order valence-electron chi connectivity index (χ0n) is 44.1. The number of allylic oxidation sites excluding steroid dienone is 1. The van der Waals surface area contributed by atoms with Crippen molar-refractivity contribution in [3.05, 3.63) is 124 Å². The number of ether oxygens (including phenoxy) is 2. The zero-order chi connectivity index (χ0) is 53.1. The summed E-state index contributed by atoms with van der Waals surface area (Å²) in [7, 11) is -5.89. The summed E-state index contributed by atoms with van der Waals surface area (Å²) in [5.41, 5.74) is 5.36. The number of anilines is 1. The van der Waals surface area contributed by atoms with Crippen LogP contribution in [-0.4, -0.2) is 159 Å². The fourth-order valence-electron chi connectivity index (χ4n) is 10.3. The number of sulfone groups is 2. The molecule has 1 aliphatic carbocycles. The molecule has 3 aliphatic rings. The topological polar surface area (TPSA) is 146 Å². The molecule has 2 saturated heterocycles. The molecule has 17 heteroatoms. The minimum absolute atomic E-state index is 0.0153. The average Bonchev–Trinajstić information content (AvgIpc) is 3.35. The van der Waals surface area contributed by atoms with Crippen LogP contribution in [0, 0.1) is 11.3 Å². The molecule has 13 nitrogen and oxygen atoms in total. The van der Waals surface area contributed by atoms with E-state index >= 15 is 0 Å². The third-order valence-electron chi connectivity index (χ3n) is 14.2. The Labute approximate surface area is 450 Å². The van der Waals surface area contributed by atoms with Crippen LogP contribution in [0.2, 0.25) is 5.02 Å². The minimum atomic E-state index is -4.19. The highest BCUT2D eigenvalue weighted by Gasteiger charge is 2.34. The first kappa shape index (κ1) is 57.4. The van der Waals surface area contributed by atoms with Gasteiger partial charge in [-0.15, -0.1) is 11.8 Å². The average molecular weight is 1090 g/mol. The lowest BCUT2D eigenvalue weighted by atomic mass is 9.71. The van der Waals surface area contributed by atoms with Crippen LogP contribution in [0.5, 0.6) is 0 Å². The van der Waals surface area contributed by atoms with Gasteiger partial charge in [0.15, 0.2) is 25.5 Å². The maximum absolute atomic E-state index is 13.9. The van der Waals surface area contributed by atoms with Crippen molar-refractivity contribution in [2.45, 2.75) is 80.1 Å². The molecule has 2 fully saturated rings. The second-order valence-electron chi connectivity index (χ2n) is 21.7. The number of rotatable bonds is 22. The van der Waals surface area contributed by atoms with Crippen molar-refractivity contribution in [1.29, 1.82) is 0 Å². The van der Waals surface area contributed by atoms with Gasteiger partial charge in [0, 0.05) is 98.6 Å². The molecule has 0 aromatic heterocycles. The van der Waals surface area contributed by atoms with Gasteiger partial charge in [-0.2, -0.15) is 0 Å². The normalized spacial score (nSPS) is 18.9. The maximum atomic E-state index is 13.9. The number of carbonyl (C=O) groups excluding carboxylic acids is 2. The van der Waals surface area contributed by atoms with Crippen LogP contribution < -0.4 is 10.2 Å². The van der Waals surface area contributed by atoms with E-state index < -0.39 is 42.9 Å². The summed E-state index contributed by atoms with van der Waals surface area (Å²) in [6.07, 6.45) is 4.98. The predicted octanol–water partition coefficient (Wildman–Crippen LogP) is 9.30. The molecule has 0 spiro atoms. The van der Waals surface area contributed by atoms with Gasteiger partial charge in [-0.1, -0.05) is 60.5 Å². The zero-order valence-corrected chi connectivity index (χ0v) is 47.3. The second-order valence-corrected chi connectivity index (χ2v) is 27.2. The van der Waals surface area contributed by atoms with E-state index in [0.29, 0.717) is 43.3 Å². The summed E-state index contributed by atoms with van der Waals surface area (Å²) >= 11 is 8.05. The van der Waals surface area contributed by atoms with E-state index in [0.717, 1.165) is 107 Å². The number of halogens is 1. The smallest absolute Gasteiger partial charge is 0.407 e. The Morgan fingerprint density at radius 2 is 1.58 bits per heavy atom. The lowest BCUT2D eigenvalue weighted by molar-refractivity contribution is 0.0357. The van der Waals surface area contributed by atoms with Gasteiger partial charge in [0.05, 0.1) is 23.0 Å². The third kappa shape index (κ3) is 17.1. The van der Waals surface area contributed by atoms with E-state index in [2.05, 4.69) is 63.2 Å². The lowest BCUT2D eigenvalue weighted by Crippen LogP contribution is -2.47. The van der Waals surface area contributed by atoms with Crippen molar-refractivity contribution < 1.29 is 35.9 Å². The number of nitrogens with one attached hydrogen (secondary N) is 1. The minimum Gasteiger partial charge on any atom is -0.444 e. The predicted molar refractivity (Wildman–Crippen MR) is 299 cm³/mol. The van der Waals surface area contributed by atoms with E-state index in [-0.39, 0.29) is 26.7 Å². The van der Waals surface area contributed by atoms with Crippen LogP contribution >= 0.6 is 23.4 Å². The molecule has 1 N–H and O–H groups in total. The van der Waals surface area contributed by atoms with Gasteiger partial charge in [-0.25, -0.2) is 21.6 Å². The number of thioether (sulfide) groups is 1. The SMILES string of the molecule is CN(CCNC(=O)OC(C)(C)C)CC1(C)CCC(c2ccc(Cl)cc2)=C(CN2CCN(c3ccc(C(=O)CS(=O)(=O)c4ccc(C[C@H](CCN5CCOCC5)CSc5ccccc5)c(S(C)(=O)=O)c4)cc3)CC2)C1. The Bertz CT molecular complexity index is 2780. The summed E-state index contributed by atoms with van der Waals surface area (Å²) < 4.78 is 65.3. The van der Waals surface area contributed by atoms with E-state index in [1.54, 1.807) is 30.0 Å². The summed E-state index contributed by atoms with van der Waals surface area (Å²) in [6.45, 7) is 18.1. The van der Waals surface area contributed by atoms with Crippen molar-refractivity contribution in [1.82, 2.24) is 20.0 Å². The van der Waals surface area contributed by atoms with E-state index in [1.807, 2.05) is 63.2 Å². The van der Waals surface area contributed by atoms with Crippen LogP contribution in [0.1, 0.15) is 74.9 Å². The molecule has 1 unspecified atom stereocenters. The number of morpholine rings is 1. The van der Waals surface area contributed by atoms with E-state index in [9.17, 15) is 26.4 Å². The molecule has 2 aliphatic heterocycles. The number of ketones is 1. The van der Waals surface area contributed by atoms with Crippen LogP contribution in [-0.2, 0) is 35.6 Å². The van der Waals surface area contributed by atoms with E-state index in [4.69, 9.17) is 21.1 Å². The lowest BCUT2D eigenvalue weighted by Gasteiger charge is -2.42. The van der Waals surface area contributed by atoms with Gasteiger partial charge in [-0.05, 0) is 155 Å². The number of piperazine rings is 1. The first-order valence-corrected chi connectivity index (χ1v) is 30.8. The van der Waals surface area contributed by atoms with E-state index in [1.165, 1.54) is 28.8 Å². The van der Waals surface area contributed by atoms with Gasteiger partial charge in [0.1, 0.15) is 11.4 Å². The molecule has 0 bridgehead atoms. The largest absolute Gasteiger partial charge is 0.444 e. The van der Waals surface area contributed by atoms with Crippen molar-refractivity contribution >= 4 is 66.2 Å². The quantitative estimate of drug-likeness (QED) is 0.0590. The molecule has 0 radical (unpaired) electrons. The second kappa shape index (κ2) is 25.7. The molecule has 402 valence electrons. The first-order chi connectivity index (χ1) is 35.1. The highest BCUT2D eigenvalue weighted by molar-refractivity contribution is 7.99. The number of alkyl carbamates (subject to hydrolysis) is 1. The molecule has 4 aromatic rings. The van der Waals surface area contributed by atoms with Gasteiger partial charge in [-0.3, -0.25) is 14.6 Å². The van der Waals surface area contributed by atoms with Gasteiger partial charge in [0.2, 0.25) is 0 Å². The number of amides is 1. The first-order valence-electron chi connectivity index (χ1n) is 25.9. The molecule has 2 heterocycles. The number of Topliss-reactive ketones (excluding diaryl/α,β-unsaturated/α-hetero) is 1. The third-order valence-corrected chi connectivity index (χ3v) is 18.5. The summed E-state index contributed by atoms with van der Waals surface area (Å²) in [5, 5.41) is 3.60. The van der Waals surface area contributed by atoms with Crippen LogP contribution in [0.15, 0.2) is 117 Å². The monoisotopic (exact) mass is 1090 g/mol. The number of carbonyl (C=O) groups is 2. The fraction of sp³-hybridized carbons (Fsp3) is 0.509. The molecule has 7 rings (SSSR count). The standard InChI is InChI=1S/C57H76ClN5O8S3/c1-56(2,3)71-55(65)59-25-27-60(5)42-57(4)24-22-52(44-12-17-48(58)18-13-44)47(38-57)39-62-28-30-63(31-29-62)49-19-14-45(15-20-49)53(64)41-74(68,69)51-21-16-46(54(37-51)73(6,66)67)36-43(23-26-61-32-34-70-35-33-61)40-72-50-10-8-7-9-11-50/h7-21,37,43H,22-36,38-42H2,1-6H3,(H,59,65)/t43-,57?/m0/s1. The highest BCUT2D eigenvalue weighted by Crippen LogP contribution is 2.44. The van der Waals surface area contributed by atoms with Crippen molar-refractivity contribution in [3.63, 3.8) is 0 Å². The Balaban J connectivity index is 0.956. The number of hydrogen-bond acceptors (Lipinski definition) is 13. The van der Waals surface area contributed by atoms with Crippen molar-refractivity contribution in [2.24, 2.45) is 11.3 Å². The molecule has 2 atom stereocenters. The molecular formula is C57H76ClN5O8S3. The highest BCUT2D eigenvalue weighted by atomic mass is 35.5. The Morgan fingerprint density at radius 1 is 0.892 bits per heavy atom. The number of likely N-dealkylation sites (N-methyl/N-ethyl adjacent to an activating group) is 1. The number of hydrogen-bond donors (Lipinski definition) is 1. The Morgan fingerprint density at radius 3 is 2.24 bits per heavy atom. The Hall–Kier alpha value is -4.26. The summed E-state index contributed by atoms with van der Waals surface area (Å²) in [6, 6.07) is 29.7. The fourth-order valence-corrected chi connectivity index (χ4v) is 13.8. The number of benzene rings is 4. The van der Waals surface area contributed by atoms with Crippen LogP contribution in [0.3, 0.4) is 0 Å². The van der Waals surface area contributed by atoms with Gasteiger partial charge >= 0.3 is 6.09 Å². The molecule has 0 saturated carbocycles.